The van der Waals surface area contributed by atoms with Crippen molar-refractivity contribution in [3.8, 4) is 0 Å². The van der Waals surface area contributed by atoms with Crippen LogP contribution in [0.25, 0.3) is 0 Å². The molecule has 0 bridgehead atoms. The Bertz CT molecular complexity index is 211. The fourth-order valence-corrected chi connectivity index (χ4v) is 0.821. The lowest BCUT2D eigenvalue weighted by Gasteiger charge is -2.09. The van der Waals surface area contributed by atoms with Crippen molar-refractivity contribution in [3.05, 3.63) is 35.9 Å². The van der Waals surface area contributed by atoms with Crippen LogP contribution in [0.5, 0.6) is 0 Å². The van der Waals surface area contributed by atoms with Gasteiger partial charge in [-0.05, 0) is 5.56 Å². The third-order valence-corrected chi connectivity index (χ3v) is 1.46. The number of alkyl halides is 2. The highest BCUT2D eigenvalue weighted by molar-refractivity contribution is 5.18. The van der Waals surface area contributed by atoms with E-state index in [2.05, 4.69) is 0 Å². The number of rotatable bonds is 2. The van der Waals surface area contributed by atoms with Crippen LogP contribution in [0.4, 0.5) is 8.78 Å². The summed E-state index contributed by atoms with van der Waals surface area (Å²) in [6, 6.07) is 7.18. The minimum atomic E-state index is -2.49. The Kier molecular flexibility index (Phi) is 2.54. The molecule has 0 heterocycles. The molecular formula is C8H9F2N. The van der Waals surface area contributed by atoms with Crippen LogP contribution in [0.1, 0.15) is 11.6 Å². The van der Waals surface area contributed by atoms with Gasteiger partial charge in [0.05, 0.1) is 6.04 Å². The molecule has 0 aliphatic carbocycles. The lowest BCUT2D eigenvalue weighted by molar-refractivity contribution is 0.116. The highest BCUT2D eigenvalue weighted by Crippen LogP contribution is 2.16. The van der Waals surface area contributed by atoms with Gasteiger partial charge in [0.1, 0.15) is 0 Å². The van der Waals surface area contributed by atoms with Gasteiger partial charge in [-0.2, -0.15) is 0 Å². The van der Waals surface area contributed by atoms with E-state index in [0.29, 0.717) is 5.56 Å². The predicted molar refractivity (Wildman–Crippen MR) is 39.4 cm³/mol. The standard InChI is InChI=1S/C8H9F2N/c9-8(10)7(11)6-4-2-1-3-5-6/h1-5,7-8H,11H2. The minimum Gasteiger partial charge on any atom is -0.319 e. The van der Waals surface area contributed by atoms with Crippen LogP contribution in [-0.4, -0.2) is 6.43 Å². The number of hydrogen-bond donors (Lipinski definition) is 1. The van der Waals surface area contributed by atoms with Gasteiger partial charge in [0.2, 0.25) is 0 Å². The summed E-state index contributed by atoms with van der Waals surface area (Å²) < 4.78 is 24.0. The van der Waals surface area contributed by atoms with Gasteiger partial charge in [-0.3, -0.25) is 0 Å². The van der Waals surface area contributed by atoms with Gasteiger partial charge >= 0.3 is 0 Å². The molecular weight excluding hydrogens is 148 g/mol. The monoisotopic (exact) mass is 157 g/mol. The van der Waals surface area contributed by atoms with Gasteiger partial charge in [-0.15, -0.1) is 0 Å². The normalized spacial score (nSPS) is 13.5. The van der Waals surface area contributed by atoms with Crippen LogP contribution >= 0.6 is 0 Å². The maximum Gasteiger partial charge on any atom is 0.257 e. The molecule has 1 aromatic carbocycles. The molecule has 0 aliphatic rings. The molecule has 0 fully saturated rings. The summed E-state index contributed by atoms with van der Waals surface area (Å²) >= 11 is 0. The van der Waals surface area contributed by atoms with E-state index in [0.717, 1.165) is 0 Å². The molecule has 2 N–H and O–H groups in total. The van der Waals surface area contributed by atoms with Crippen LogP contribution in [0.3, 0.4) is 0 Å². The highest BCUT2D eigenvalue weighted by atomic mass is 19.3. The van der Waals surface area contributed by atoms with Crippen molar-refractivity contribution in [1.29, 1.82) is 0 Å². The first kappa shape index (κ1) is 8.14. The van der Waals surface area contributed by atoms with Gasteiger partial charge in [0.15, 0.2) is 0 Å². The van der Waals surface area contributed by atoms with Crippen molar-refractivity contribution in [2.75, 3.05) is 0 Å². The van der Waals surface area contributed by atoms with Crippen molar-refractivity contribution in [2.45, 2.75) is 12.5 Å². The second kappa shape index (κ2) is 3.44. The summed E-state index contributed by atoms with van der Waals surface area (Å²) in [4.78, 5) is 0. The fourth-order valence-electron chi connectivity index (χ4n) is 0.821. The maximum atomic E-state index is 12.0. The number of hydrogen-bond acceptors (Lipinski definition) is 1. The molecule has 1 aromatic rings. The van der Waals surface area contributed by atoms with Crippen LogP contribution < -0.4 is 5.73 Å². The Labute approximate surface area is 63.8 Å². The Morgan fingerprint density at radius 3 is 2.09 bits per heavy atom. The van der Waals surface area contributed by atoms with E-state index in [1.165, 1.54) is 0 Å². The van der Waals surface area contributed by atoms with Crippen LogP contribution in [0.15, 0.2) is 30.3 Å². The smallest absolute Gasteiger partial charge is 0.257 e. The number of nitrogens with two attached hydrogens (primary N) is 1. The molecule has 0 saturated carbocycles. The van der Waals surface area contributed by atoms with E-state index < -0.39 is 12.5 Å². The Balaban J connectivity index is 2.77. The summed E-state index contributed by atoms with van der Waals surface area (Å²) in [6.45, 7) is 0. The average Bonchev–Trinajstić information content (AvgIpc) is 2.05. The van der Waals surface area contributed by atoms with E-state index in [1.54, 1.807) is 30.3 Å². The second-order valence-corrected chi connectivity index (χ2v) is 2.27. The van der Waals surface area contributed by atoms with Crippen LogP contribution in [-0.2, 0) is 0 Å². The summed E-state index contributed by atoms with van der Waals surface area (Å²) in [6.07, 6.45) is -2.49. The summed E-state index contributed by atoms with van der Waals surface area (Å²) in [5, 5.41) is 0. The Morgan fingerprint density at radius 1 is 1.09 bits per heavy atom. The minimum absolute atomic E-state index is 0.475. The van der Waals surface area contributed by atoms with Gasteiger partial charge in [-0.1, -0.05) is 30.3 Å². The molecule has 0 aromatic heterocycles. The number of benzene rings is 1. The largest absolute Gasteiger partial charge is 0.319 e. The zero-order chi connectivity index (χ0) is 8.27. The van der Waals surface area contributed by atoms with Gasteiger partial charge in [-0.25, -0.2) is 8.78 Å². The fraction of sp³-hybridized carbons (Fsp3) is 0.250. The molecule has 0 spiro atoms. The first-order chi connectivity index (χ1) is 5.22. The molecule has 1 rings (SSSR count). The average molecular weight is 157 g/mol. The molecule has 0 radical (unpaired) electrons. The number of halogens is 2. The Hall–Kier alpha value is -0.960. The van der Waals surface area contributed by atoms with E-state index in [9.17, 15) is 8.78 Å². The van der Waals surface area contributed by atoms with Gasteiger partial charge in [0.25, 0.3) is 6.43 Å². The summed E-state index contributed by atoms with van der Waals surface area (Å²) in [7, 11) is 0. The molecule has 1 atom stereocenters. The lowest BCUT2D eigenvalue weighted by atomic mass is 10.1. The van der Waals surface area contributed by atoms with Gasteiger partial charge < -0.3 is 5.73 Å². The lowest BCUT2D eigenvalue weighted by Crippen LogP contribution is -2.18. The van der Waals surface area contributed by atoms with Crippen LogP contribution in [0, 0.1) is 0 Å². The topological polar surface area (TPSA) is 26.0 Å². The molecule has 0 aliphatic heterocycles. The van der Waals surface area contributed by atoms with E-state index >= 15 is 0 Å². The predicted octanol–water partition coefficient (Wildman–Crippen LogP) is 1.95. The maximum absolute atomic E-state index is 12.0. The molecule has 3 heteroatoms. The Morgan fingerprint density at radius 2 is 1.64 bits per heavy atom. The van der Waals surface area contributed by atoms with Crippen molar-refractivity contribution in [1.82, 2.24) is 0 Å². The van der Waals surface area contributed by atoms with E-state index in [4.69, 9.17) is 5.73 Å². The zero-order valence-corrected chi connectivity index (χ0v) is 5.87. The first-order valence-electron chi connectivity index (χ1n) is 3.30. The molecule has 1 unspecified atom stereocenters. The summed E-state index contributed by atoms with van der Waals surface area (Å²) in [5.41, 5.74) is 5.66. The van der Waals surface area contributed by atoms with Crippen LogP contribution in [0.2, 0.25) is 0 Å². The van der Waals surface area contributed by atoms with Gasteiger partial charge in [0, 0.05) is 0 Å². The van der Waals surface area contributed by atoms with E-state index in [-0.39, 0.29) is 0 Å². The second-order valence-electron chi connectivity index (χ2n) is 2.27. The molecule has 1 nitrogen and oxygen atoms in total. The van der Waals surface area contributed by atoms with Crippen molar-refractivity contribution < 1.29 is 8.78 Å². The van der Waals surface area contributed by atoms with Crippen molar-refractivity contribution in [3.63, 3.8) is 0 Å². The first-order valence-corrected chi connectivity index (χ1v) is 3.30. The van der Waals surface area contributed by atoms with Crippen molar-refractivity contribution in [2.24, 2.45) is 5.73 Å². The third-order valence-electron chi connectivity index (χ3n) is 1.46. The molecule has 0 amide bonds. The highest BCUT2D eigenvalue weighted by Gasteiger charge is 2.16. The summed E-state index contributed by atoms with van der Waals surface area (Å²) in [5.74, 6) is 0. The van der Waals surface area contributed by atoms with Crippen molar-refractivity contribution >= 4 is 0 Å². The van der Waals surface area contributed by atoms with E-state index in [1.807, 2.05) is 0 Å². The molecule has 60 valence electrons. The molecule has 0 saturated heterocycles. The SMILES string of the molecule is NC(c1ccccc1)C(F)F. The quantitative estimate of drug-likeness (QED) is 0.697. The third kappa shape index (κ3) is 1.98. The molecule has 11 heavy (non-hydrogen) atoms. The zero-order valence-electron chi connectivity index (χ0n) is 5.87.